The summed E-state index contributed by atoms with van der Waals surface area (Å²) in [4.78, 5) is 14.9. The molecule has 1 aromatic carbocycles. The minimum Gasteiger partial charge on any atom is -0.301 e. The van der Waals surface area contributed by atoms with Crippen LogP contribution < -0.4 is 5.56 Å². The van der Waals surface area contributed by atoms with Crippen LogP contribution in [0.25, 0.3) is 10.8 Å². The summed E-state index contributed by atoms with van der Waals surface area (Å²) < 4.78 is 1.62. The third-order valence-corrected chi connectivity index (χ3v) is 4.17. The average Bonchev–Trinajstić information content (AvgIpc) is 2.48. The van der Waals surface area contributed by atoms with Crippen molar-refractivity contribution < 1.29 is 0 Å². The number of aromatic nitrogens is 2. The molecule has 1 fully saturated rings. The van der Waals surface area contributed by atoms with Gasteiger partial charge < -0.3 is 4.90 Å². The third kappa shape index (κ3) is 2.61. The maximum atomic E-state index is 12.5. The Bertz CT molecular complexity index is 656. The zero-order chi connectivity index (χ0) is 13.9. The fourth-order valence-electron chi connectivity index (χ4n) is 2.98. The van der Waals surface area contributed by atoms with Crippen LogP contribution in [0.4, 0.5) is 0 Å². The van der Waals surface area contributed by atoms with Crippen LogP contribution in [0.2, 0.25) is 0 Å². The van der Waals surface area contributed by atoms with Gasteiger partial charge in [-0.3, -0.25) is 4.79 Å². The molecule has 0 spiro atoms. The van der Waals surface area contributed by atoms with Crippen molar-refractivity contribution in [2.45, 2.75) is 32.7 Å². The summed E-state index contributed by atoms with van der Waals surface area (Å²) in [5.74, 6) is 0. The predicted molar refractivity (Wildman–Crippen MR) is 81.0 cm³/mol. The molecule has 106 valence electrons. The molecule has 0 aliphatic carbocycles. The molecule has 0 unspecified atom stereocenters. The molecule has 4 heteroatoms. The molecule has 20 heavy (non-hydrogen) atoms. The molecule has 2 heterocycles. The highest BCUT2D eigenvalue weighted by Crippen LogP contribution is 2.12. The number of likely N-dealkylation sites (tertiary alicyclic amines) is 1. The summed E-state index contributed by atoms with van der Waals surface area (Å²) >= 11 is 0. The van der Waals surface area contributed by atoms with Crippen molar-refractivity contribution in [1.29, 1.82) is 0 Å². The Labute approximate surface area is 119 Å². The van der Waals surface area contributed by atoms with Crippen LogP contribution in [-0.4, -0.2) is 34.3 Å². The lowest BCUT2D eigenvalue weighted by Gasteiger charge is -2.26. The van der Waals surface area contributed by atoms with Gasteiger partial charge in [-0.05, 0) is 38.4 Å². The van der Waals surface area contributed by atoms with Gasteiger partial charge in [-0.15, -0.1) is 0 Å². The van der Waals surface area contributed by atoms with Crippen molar-refractivity contribution in [2.24, 2.45) is 0 Å². The lowest BCUT2D eigenvalue weighted by molar-refractivity contribution is 0.216. The van der Waals surface area contributed by atoms with Crippen LogP contribution in [0.5, 0.6) is 0 Å². The van der Waals surface area contributed by atoms with E-state index in [1.54, 1.807) is 10.9 Å². The second-order valence-corrected chi connectivity index (χ2v) is 5.61. The van der Waals surface area contributed by atoms with Gasteiger partial charge in [0.1, 0.15) is 0 Å². The second kappa shape index (κ2) is 5.75. The van der Waals surface area contributed by atoms with Crippen LogP contribution >= 0.6 is 0 Å². The normalized spacial score (nSPS) is 16.6. The zero-order valence-electron chi connectivity index (χ0n) is 12.0. The Morgan fingerprint density at radius 3 is 2.75 bits per heavy atom. The standard InChI is InChI=1S/C16H21N3O/c1-13-6-5-7-14-12-17-19(16(20)15(13)14)11-10-18-8-3-2-4-9-18/h5-7,12H,2-4,8-11H2,1H3. The summed E-state index contributed by atoms with van der Waals surface area (Å²) in [5.41, 5.74) is 1.07. The van der Waals surface area contributed by atoms with Crippen molar-refractivity contribution in [3.8, 4) is 0 Å². The third-order valence-electron chi connectivity index (χ3n) is 4.17. The highest BCUT2D eigenvalue weighted by atomic mass is 16.1. The molecule has 1 aliphatic heterocycles. The van der Waals surface area contributed by atoms with Crippen LogP contribution in [0.1, 0.15) is 24.8 Å². The SMILES string of the molecule is Cc1cccc2cnn(CCN3CCCCC3)c(=O)c12. The topological polar surface area (TPSA) is 38.1 Å². The van der Waals surface area contributed by atoms with E-state index in [4.69, 9.17) is 0 Å². The Morgan fingerprint density at radius 2 is 1.95 bits per heavy atom. The van der Waals surface area contributed by atoms with Crippen LogP contribution in [0.3, 0.4) is 0 Å². The number of rotatable bonds is 3. The van der Waals surface area contributed by atoms with Gasteiger partial charge in [0.25, 0.3) is 5.56 Å². The van der Waals surface area contributed by atoms with Gasteiger partial charge >= 0.3 is 0 Å². The predicted octanol–water partition coefficient (Wildman–Crippen LogP) is 2.19. The summed E-state index contributed by atoms with van der Waals surface area (Å²) in [6, 6.07) is 5.90. The highest BCUT2D eigenvalue weighted by Gasteiger charge is 2.11. The first-order valence-corrected chi connectivity index (χ1v) is 7.43. The molecule has 0 N–H and O–H groups in total. The van der Waals surface area contributed by atoms with Gasteiger partial charge in [-0.25, -0.2) is 4.68 Å². The van der Waals surface area contributed by atoms with Gasteiger partial charge in [0.2, 0.25) is 0 Å². The van der Waals surface area contributed by atoms with Crippen molar-refractivity contribution >= 4 is 10.8 Å². The minimum atomic E-state index is 0.0395. The van der Waals surface area contributed by atoms with Crippen LogP contribution in [-0.2, 0) is 6.54 Å². The summed E-state index contributed by atoms with van der Waals surface area (Å²) in [6.45, 7) is 5.90. The highest BCUT2D eigenvalue weighted by molar-refractivity contribution is 5.83. The molecule has 0 bridgehead atoms. The molecule has 4 nitrogen and oxygen atoms in total. The summed E-state index contributed by atoms with van der Waals surface area (Å²) in [6.07, 6.45) is 5.70. The van der Waals surface area contributed by atoms with Crippen LogP contribution in [0, 0.1) is 6.92 Å². The Hall–Kier alpha value is -1.68. The van der Waals surface area contributed by atoms with E-state index in [0.29, 0.717) is 6.54 Å². The Kier molecular flexibility index (Phi) is 3.83. The first-order chi connectivity index (χ1) is 9.75. The molecule has 2 aromatic rings. The number of fused-ring (bicyclic) bond motifs is 1. The average molecular weight is 271 g/mol. The van der Waals surface area contributed by atoms with E-state index in [1.807, 2.05) is 25.1 Å². The number of hydrogen-bond donors (Lipinski definition) is 0. The second-order valence-electron chi connectivity index (χ2n) is 5.61. The lowest BCUT2D eigenvalue weighted by Crippen LogP contribution is -2.35. The first-order valence-electron chi connectivity index (χ1n) is 7.43. The van der Waals surface area contributed by atoms with Gasteiger partial charge in [-0.2, -0.15) is 5.10 Å². The molecule has 0 saturated carbocycles. The van der Waals surface area contributed by atoms with E-state index in [2.05, 4.69) is 10.00 Å². The molecule has 1 aliphatic rings. The number of aryl methyl sites for hydroxylation is 1. The van der Waals surface area contributed by atoms with E-state index < -0.39 is 0 Å². The molecule has 3 rings (SSSR count). The fraction of sp³-hybridized carbons (Fsp3) is 0.500. The van der Waals surface area contributed by atoms with E-state index in [1.165, 1.54) is 19.3 Å². The van der Waals surface area contributed by atoms with Crippen molar-refractivity contribution in [3.05, 3.63) is 40.3 Å². The van der Waals surface area contributed by atoms with Gasteiger partial charge in [0.05, 0.1) is 18.1 Å². The number of piperidine rings is 1. The molecule has 0 radical (unpaired) electrons. The maximum Gasteiger partial charge on any atom is 0.274 e. The number of nitrogens with zero attached hydrogens (tertiary/aromatic N) is 3. The lowest BCUT2D eigenvalue weighted by atomic mass is 10.1. The fourth-order valence-corrected chi connectivity index (χ4v) is 2.98. The molecular weight excluding hydrogens is 250 g/mol. The monoisotopic (exact) mass is 271 g/mol. The molecule has 0 atom stereocenters. The van der Waals surface area contributed by atoms with E-state index in [0.717, 1.165) is 36.0 Å². The quantitative estimate of drug-likeness (QED) is 0.859. The Morgan fingerprint density at radius 1 is 1.15 bits per heavy atom. The first kappa shape index (κ1) is 13.3. The molecule has 1 aromatic heterocycles. The summed E-state index contributed by atoms with van der Waals surface area (Å²) in [5, 5.41) is 6.05. The van der Waals surface area contributed by atoms with Crippen molar-refractivity contribution in [1.82, 2.24) is 14.7 Å². The zero-order valence-corrected chi connectivity index (χ0v) is 12.0. The number of benzene rings is 1. The Balaban J connectivity index is 1.83. The van der Waals surface area contributed by atoms with Crippen molar-refractivity contribution in [3.63, 3.8) is 0 Å². The van der Waals surface area contributed by atoms with Gasteiger partial charge in [-0.1, -0.05) is 24.6 Å². The molecule has 0 amide bonds. The van der Waals surface area contributed by atoms with E-state index in [9.17, 15) is 4.79 Å². The maximum absolute atomic E-state index is 12.5. The van der Waals surface area contributed by atoms with Crippen LogP contribution in [0.15, 0.2) is 29.2 Å². The van der Waals surface area contributed by atoms with E-state index >= 15 is 0 Å². The smallest absolute Gasteiger partial charge is 0.274 e. The largest absolute Gasteiger partial charge is 0.301 e. The molecular formula is C16H21N3O. The summed E-state index contributed by atoms with van der Waals surface area (Å²) in [7, 11) is 0. The molecule has 1 saturated heterocycles. The minimum absolute atomic E-state index is 0.0395. The van der Waals surface area contributed by atoms with Crippen molar-refractivity contribution in [2.75, 3.05) is 19.6 Å². The van der Waals surface area contributed by atoms with E-state index in [-0.39, 0.29) is 5.56 Å². The number of hydrogen-bond acceptors (Lipinski definition) is 3. The van der Waals surface area contributed by atoms with Gasteiger partial charge in [0, 0.05) is 11.9 Å². The van der Waals surface area contributed by atoms with Gasteiger partial charge in [0.15, 0.2) is 0 Å².